The lowest BCUT2D eigenvalue weighted by atomic mass is 9.67. The van der Waals surface area contributed by atoms with Crippen LogP contribution in [0.15, 0.2) is 125 Å². The molecule has 1 saturated carbocycles. The lowest BCUT2D eigenvalue weighted by Gasteiger charge is -2.35. The number of rotatable bonds is 28. The summed E-state index contributed by atoms with van der Waals surface area (Å²) >= 11 is 0. The average Bonchev–Trinajstić information content (AvgIpc) is 1.55. The van der Waals surface area contributed by atoms with Gasteiger partial charge in [0.05, 0.1) is 17.3 Å². The van der Waals surface area contributed by atoms with Crippen molar-refractivity contribution >= 4 is 11.9 Å². The van der Waals surface area contributed by atoms with Crippen molar-refractivity contribution in [3.8, 4) is 68.6 Å². The molecule has 0 aromatic heterocycles. The van der Waals surface area contributed by atoms with Gasteiger partial charge in [-0.05, 0) is 316 Å². The van der Waals surface area contributed by atoms with Crippen molar-refractivity contribution in [1.82, 2.24) is 0 Å². The molecular formula is C111H162O13. The average molecular weight is 1700 g/mol. The number of aromatic hydroxyl groups is 8. The number of esters is 2. The molecule has 13 heteroatoms. The fourth-order valence-electron chi connectivity index (χ4n) is 20.2. The number of fused-ring (bicyclic) bond motifs is 1. The second-order valence-electron chi connectivity index (χ2n) is 40.5. The molecule has 0 radical (unpaired) electrons. The summed E-state index contributed by atoms with van der Waals surface area (Å²) in [6, 6.07) is 24.5. The Balaban J connectivity index is 0.000000214. The number of allylic oxidation sites excluding steroid dienone is 8. The minimum absolute atomic E-state index is 0.0260. The Hall–Kier alpha value is -8.42. The second kappa shape index (κ2) is 46.3. The topological polar surface area (TPSA) is 227 Å². The molecule has 1 saturated heterocycles. The fraction of sp³-hybridized carbons (Fsp3) is 0.586. The first-order valence-corrected chi connectivity index (χ1v) is 47.4. The van der Waals surface area contributed by atoms with E-state index in [4.69, 9.17) is 14.2 Å². The van der Waals surface area contributed by atoms with E-state index in [0.717, 1.165) is 158 Å². The van der Waals surface area contributed by atoms with Crippen LogP contribution < -0.4 is 9.47 Å². The van der Waals surface area contributed by atoms with E-state index in [9.17, 15) is 50.4 Å². The molecule has 11 rings (SSSR count). The molecule has 1 aliphatic heterocycles. The number of phenols is 8. The first-order chi connectivity index (χ1) is 58.3. The van der Waals surface area contributed by atoms with Crippen LogP contribution in [-0.2, 0) is 26.2 Å². The third-order valence-electron chi connectivity index (χ3n) is 27.9. The Bertz CT molecular complexity index is 4520. The summed E-state index contributed by atoms with van der Waals surface area (Å²) in [7, 11) is 0. The lowest BCUT2D eigenvalue weighted by Crippen LogP contribution is -2.33. The van der Waals surface area contributed by atoms with Gasteiger partial charge in [0.15, 0.2) is 0 Å². The number of aryl methyl sites for hydroxylation is 4. The van der Waals surface area contributed by atoms with Gasteiger partial charge in [-0.1, -0.05) is 226 Å². The van der Waals surface area contributed by atoms with Crippen LogP contribution in [0.1, 0.15) is 385 Å². The molecular weight excluding hydrogens is 1540 g/mol. The summed E-state index contributed by atoms with van der Waals surface area (Å²) in [4.78, 5) is 23.4. The third kappa shape index (κ3) is 27.6. The van der Waals surface area contributed by atoms with Crippen molar-refractivity contribution in [2.75, 3.05) is 0 Å². The SMILES string of the molecule is CC(=O)Oc1cc(C)cc(OC(C)=O)c1[C@@H]1C2OC2(C)CC[C@H]1C(C)C.CCCCC(C)(C)c1cc(O)c([C@@H]2C=C(C)CC[C@H]2C(C)C)c(O)c1.CCCCC(C)C(C)c1cc(O)c([C@@H]2C=C(C)CC[C@H]2C(C)C)c(O)c1.CCCCCc1cc(O)c([C@@H]2C=C(C)CC[C@H]2C(C)CCC=C(C)C)c(O)c1.Cc1cc(O)c(-c2cc(C)ccc2C(C)C)c(O)c1. The maximum atomic E-state index is 11.7. The molecule has 4 aliphatic carbocycles. The van der Waals surface area contributed by atoms with Crippen molar-refractivity contribution in [3.05, 3.63) is 187 Å². The number of carbonyl (C=O) groups excluding carboxylic acids is 2. The van der Waals surface area contributed by atoms with Crippen LogP contribution in [0.2, 0.25) is 0 Å². The Kier molecular flexibility index (Phi) is 38.4. The van der Waals surface area contributed by atoms with Crippen LogP contribution in [-0.4, -0.2) is 64.5 Å². The summed E-state index contributed by atoms with van der Waals surface area (Å²) in [6.07, 6.45) is 31.5. The van der Waals surface area contributed by atoms with Gasteiger partial charge in [-0.15, -0.1) is 0 Å². The zero-order chi connectivity index (χ0) is 92.3. The number of ether oxygens (including phenoxy) is 3. The molecule has 0 spiro atoms. The summed E-state index contributed by atoms with van der Waals surface area (Å²) in [5.41, 5.74) is 16.7. The molecule has 684 valence electrons. The fourth-order valence-corrected chi connectivity index (χ4v) is 20.2. The number of unbranched alkanes of at least 4 members (excludes halogenated alkanes) is 4. The van der Waals surface area contributed by atoms with Gasteiger partial charge in [0, 0.05) is 59.8 Å². The van der Waals surface area contributed by atoms with Gasteiger partial charge in [-0.2, -0.15) is 0 Å². The van der Waals surface area contributed by atoms with Crippen LogP contribution in [0.25, 0.3) is 11.1 Å². The summed E-state index contributed by atoms with van der Waals surface area (Å²) in [5, 5.41) is 85.2. The monoisotopic (exact) mass is 1700 g/mol. The molecule has 8 N–H and O–H groups in total. The highest BCUT2D eigenvalue weighted by molar-refractivity contribution is 5.80. The molecule has 1 heterocycles. The largest absolute Gasteiger partial charge is 0.507 e. The molecule has 6 aromatic carbocycles. The molecule has 5 unspecified atom stereocenters. The van der Waals surface area contributed by atoms with Gasteiger partial charge < -0.3 is 55.1 Å². The predicted molar refractivity (Wildman–Crippen MR) is 514 cm³/mol. The van der Waals surface area contributed by atoms with Crippen LogP contribution in [0.3, 0.4) is 0 Å². The first kappa shape index (κ1) is 103. The molecule has 13 atom stereocenters. The minimum atomic E-state index is -0.387. The normalized spacial score (nSPS) is 21.7. The Morgan fingerprint density at radius 2 is 0.944 bits per heavy atom. The molecule has 6 aromatic rings. The molecule has 13 nitrogen and oxygen atoms in total. The standard InChI is InChI=1S/C26H40O2.C24H38O2.C23H36O2.C21H28O5.C17H20O2/c1-6-7-8-12-21-16-24(27)26(25(28)17-21)23-15-19(4)13-14-22(23)20(5)11-9-10-18(2)3;1-7-8-9-17(5)18(6)19-13-22(25)24(23(26)14-19)21-12-16(4)10-11-20(21)15(2)3;1-7-8-11-23(5,6)17-13-20(24)22(21(25)14-17)19-12-16(4)9-10-18(19)15(2)3;1-11(2)15-7-8-21(6)20(26-21)18(15)19-16(24-13(4)22)9-12(3)10-17(19)25-14(5)23;1-10(2)13-6-5-11(3)7-14(13)17-15(18)8-12(4)9-16(17)19/h10,15-17,20,22-23,27-28H,6-9,11-14H2,1-5H3;12-15,17-18,20-21,25-26H,7-11H2,1-6H3;12-15,18-19,24-25H,7-11H2,1-6H3;9-11,15,18,20H,7-8H2,1-6H3;5-10,18-19H,1-4H3/t20?,22-,23+;17?,18?,20-,21+;18-,19+;15-,18+,20?,21?;/m0000./s1. The van der Waals surface area contributed by atoms with Crippen LogP contribution in [0.4, 0.5) is 0 Å². The summed E-state index contributed by atoms with van der Waals surface area (Å²) in [6.45, 7) is 56.8. The van der Waals surface area contributed by atoms with Crippen molar-refractivity contribution in [2.24, 2.45) is 53.3 Å². The van der Waals surface area contributed by atoms with E-state index < -0.39 is 0 Å². The molecule has 5 aliphatic rings. The maximum Gasteiger partial charge on any atom is 0.308 e. The quantitative estimate of drug-likeness (QED) is 0.00753. The Labute approximate surface area is 748 Å². The summed E-state index contributed by atoms with van der Waals surface area (Å²) < 4.78 is 17.2. The highest BCUT2D eigenvalue weighted by Crippen LogP contribution is 2.61. The van der Waals surface area contributed by atoms with Crippen LogP contribution >= 0.6 is 0 Å². The molecule has 124 heavy (non-hydrogen) atoms. The number of benzene rings is 6. The Morgan fingerprint density at radius 1 is 0.500 bits per heavy atom. The van der Waals surface area contributed by atoms with E-state index in [1.165, 1.54) is 68.2 Å². The Morgan fingerprint density at radius 3 is 1.39 bits per heavy atom. The zero-order valence-corrected chi connectivity index (χ0v) is 81.3. The van der Waals surface area contributed by atoms with Gasteiger partial charge in [0.1, 0.15) is 57.5 Å². The highest BCUT2D eigenvalue weighted by Gasteiger charge is 2.62. The van der Waals surface area contributed by atoms with Crippen molar-refractivity contribution in [2.45, 2.75) is 368 Å². The highest BCUT2D eigenvalue weighted by atomic mass is 16.6. The number of hydrogen-bond acceptors (Lipinski definition) is 13. The maximum absolute atomic E-state index is 11.7. The van der Waals surface area contributed by atoms with E-state index in [2.05, 4.69) is 189 Å². The molecule has 0 amide bonds. The second-order valence-corrected chi connectivity index (χ2v) is 40.5. The van der Waals surface area contributed by atoms with E-state index >= 15 is 0 Å². The van der Waals surface area contributed by atoms with E-state index in [1.54, 1.807) is 12.1 Å². The third-order valence-corrected chi connectivity index (χ3v) is 27.9. The van der Waals surface area contributed by atoms with Gasteiger partial charge >= 0.3 is 11.9 Å². The van der Waals surface area contributed by atoms with Gasteiger partial charge in [0.25, 0.3) is 0 Å². The number of phenolic OH excluding ortho intramolecular Hbond substituents is 8. The van der Waals surface area contributed by atoms with E-state index in [1.807, 2.05) is 75.4 Å². The lowest BCUT2D eigenvalue weighted by molar-refractivity contribution is -0.132. The van der Waals surface area contributed by atoms with Gasteiger partial charge in [-0.3, -0.25) is 9.59 Å². The van der Waals surface area contributed by atoms with Crippen LogP contribution in [0, 0.1) is 74.0 Å². The van der Waals surface area contributed by atoms with Crippen LogP contribution in [0.5, 0.6) is 57.5 Å². The summed E-state index contributed by atoms with van der Waals surface area (Å²) in [5.74, 6) is 7.29. The molecule has 2 fully saturated rings. The van der Waals surface area contributed by atoms with Crippen molar-refractivity contribution in [1.29, 1.82) is 0 Å². The minimum Gasteiger partial charge on any atom is -0.507 e. The zero-order valence-electron chi connectivity index (χ0n) is 81.3. The van der Waals surface area contributed by atoms with Crippen molar-refractivity contribution in [3.63, 3.8) is 0 Å². The number of carbonyl (C=O) groups is 2. The van der Waals surface area contributed by atoms with Gasteiger partial charge in [-0.25, -0.2) is 0 Å². The predicted octanol–water partition coefficient (Wildman–Crippen LogP) is 30.1. The molecule has 0 bridgehead atoms. The van der Waals surface area contributed by atoms with Crippen molar-refractivity contribution < 1.29 is 64.7 Å². The van der Waals surface area contributed by atoms with Gasteiger partial charge in [0.2, 0.25) is 0 Å². The van der Waals surface area contributed by atoms with E-state index in [-0.39, 0.29) is 98.7 Å². The number of hydrogen-bond donors (Lipinski definition) is 8. The number of epoxide rings is 1. The smallest absolute Gasteiger partial charge is 0.308 e. The first-order valence-electron chi connectivity index (χ1n) is 47.4. The van der Waals surface area contributed by atoms with E-state index in [0.29, 0.717) is 87.7 Å².